The number of fused-ring (bicyclic) bond motifs is 3. The number of para-hydroxylation sites is 2. The van der Waals surface area contributed by atoms with Crippen LogP contribution < -0.4 is 10.1 Å². The van der Waals surface area contributed by atoms with Gasteiger partial charge in [-0.25, -0.2) is 0 Å². The molecule has 1 aromatic heterocycles. The summed E-state index contributed by atoms with van der Waals surface area (Å²) in [4.78, 5) is 14.7. The summed E-state index contributed by atoms with van der Waals surface area (Å²) in [5.41, 5.74) is 4.68. The van der Waals surface area contributed by atoms with Crippen molar-refractivity contribution >= 4 is 40.2 Å². The minimum atomic E-state index is -0.269. The highest BCUT2D eigenvalue weighted by atomic mass is 35.5. The number of ether oxygens (including phenoxy) is 2. The number of rotatable bonds is 8. The second-order valence-corrected chi connectivity index (χ2v) is 6.93. The molecule has 0 radical (unpaired) electrons. The lowest BCUT2D eigenvalue weighted by Crippen LogP contribution is -2.23. The Labute approximate surface area is 181 Å². The number of H-pyrrole nitrogens is 1. The van der Waals surface area contributed by atoms with Crippen LogP contribution in [0.1, 0.15) is 11.1 Å². The van der Waals surface area contributed by atoms with Crippen LogP contribution in [0.25, 0.3) is 21.8 Å². The van der Waals surface area contributed by atoms with E-state index in [0.29, 0.717) is 13.2 Å². The zero-order valence-electron chi connectivity index (χ0n) is 16.8. The first-order valence-electron chi connectivity index (χ1n) is 9.72. The maximum absolute atomic E-state index is 11.1. The molecule has 0 unspecified atom stereocenters. The maximum Gasteiger partial charge on any atom is 0.319 e. The quantitative estimate of drug-likeness (QED) is 0.405. The fraction of sp³-hybridized carbons (Fsp3) is 0.208. The summed E-state index contributed by atoms with van der Waals surface area (Å²) in [6, 6.07) is 22.7. The molecule has 3 aromatic carbocycles. The third-order valence-electron chi connectivity index (χ3n) is 5.02. The molecule has 30 heavy (non-hydrogen) atoms. The summed E-state index contributed by atoms with van der Waals surface area (Å²) in [5, 5.41) is 5.55. The Kier molecular flexibility index (Phi) is 7.33. The van der Waals surface area contributed by atoms with E-state index in [1.807, 2.05) is 24.3 Å². The van der Waals surface area contributed by atoms with Crippen molar-refractivity contribution in [2.24, 2.45) is 0 Å². The second-order valence-electron chi connectivity index (χ2n) is 6.93. The molecule has 1 heterocycles. The molecule has 156 valence electrons. The van der Waals surface area contributed by atoms with Gasteiger partial charge in [-0.05, 0) is 29.3 Å². The van der Waals surface area contributed by atoms with Gasteiger partial charge in [-0.3, -0.25) is 4.79 Å². The van der Waals surface area contributed by atoms with Gasteiger partial charge >= 0.3 is 5.97 Å². The Bertz CT molecular complexity index is 1120. The number of benzene rings is 3. The summed E-state index contributed by atoms with van der Waals surface area (Å²) in [6.45, 7) is 1.42. The van der Waals surface area contributed by atoms with Gasteiger partial charge in [0.1, 0.15) is 5.75 Å². The number of halogens is 1. The normalized spacial score (nSPS) is 10.7. The summed E-state index contributed by atoms with van der Waals surface area (Å²) < 4.78 is 10.5. The second kappa shape index (κ2) is 10.1. The number of hydrogen-bond donors (Lipinski definition) is 2. The summed E-state index contributed by atoms with van der Waals surface area (Å²) in [7, 11) is 1.38. The van der Waals surface area contributed by atoms with Gasteiger partial charge < -0.3 is 19.8 Å². The first-order valence-corrected chi connectivity index (χ1v) is 9.72. The Morgan fingerprint density at radius 3 is 2.53 bits per heavy atom. The third-order valence-corrected chi connectivity index (χ3v) is 5.02. The molecule has 0 fully saturated rings. The molecule has 0 aliphatic rings. The standard InChI is InChI=1S/C24H24N2O3.ClH/c1-28-23(27)16-25-15-17-9-11-19(12-10-17)29-14-13-18-5-4-7-21-20-6-2-3-8-22(20)26-24(18)21;/h2-12,25-26H,13-16H2,1H3;1H. The minimum absolute atomic E-state index is 0. The third kappa shape index (κ3) is 4.93. The topological polar surface area (TPSA) is 63.4 Å². The number of nitrogens with one attached hydrogen (secondary N) is 2. The van der Waals surface area contributed by atoms with E-state index in [4.69, 9.17) is 4.74 Å². The van der Waals surface area contributed by atoms with Crippen LogP contribution in [0.2, 0.25) is 0 Å². The lowest BCUT2D eigenvalue weighted by Gasteiger charge is -2.09. The molecular weight excluding hydrogens is 400 g/mol. The van der Waals surface area contributed by atoms with Crippen LogP contribution in [-0.4, -0.2) is 31.2 Å². The number of esters is 1. The highest BCUT2D eigenvalue weighted by Gasteiger charge is 2.07. The van der Waals surface area contributed by atoms with Crippen molar-refractivity contribution in [2.45, 2.75) is 13.0 Å². The van der Waals surface area contributed by atoms with Crippen LogP contribution >= 0.6 is 12.4 Å². The average molecular weight is 425 g/mol. The number of carbonyl (C=O) groups is 1. The molecule has 0 saturated carbocycles. The van der Waals surface area contributed by atoms with E-state index in [0.717, 1.165) is 23.3 Å². The molecule has 4 aromatic rings. The Morgan fingerprint density at radius 1 is 0.967 bits per heavy atom. The zero-order chi connectivity index (χ0) is 20.1. The minimum Gasteiger partial charge on any atom is -0.493 e. The van der Waals surface area contributed by atoms with Gasteiger partial charge in [0, 0.05) is 34.8 Å². The van der Waals surface area contributed by atoms with Crippen molar-refractivity contribution < 1.29 is 14.3 Å². The van der Waals surface area contributed by atoms with Crippen molar-refractivity contribution in [1.29, 1.82) is 0 Å². The number of aromatic nitrogens is 1. The van der Waals surface area contributed by atoms with Crippen molar-refractivity contribution in [2.75, 3.05) is 20.3 Å². The molecule has 6 heteroatoms. The van der Waals surface area contributed by atoms with E-state index in [1.165, 1.54) is 29.0 Å². The first-order chi connectivity index (χ1) is 14.2. The lowest BCUT2D eigenvalue weighted by atomic mass is 10.1. The predicted octanol–water partition coefficient (Wildman–Crippen LogP) is 4.63. The molecule has 0 saturated heterocycles. The van der Waals surface area contributed by atoms with Crippen LogP contribution in [0, 0.1) is 0 Å². The first kappa shape index (κ1) is 21.7. The van der Waals surface area contributed by atoms with E-state index >= 15 is 0 Å². The van der Waals surface area contributed by atoms with Crippen LogP contribution in [0.15, 0.2) is 66.7 Å². The van der Waals surface area contributed by atoms with Gasteiger partial charge in [-0.1, -0.05) is 48.5 Å². The van der Waals surface area contributed by atoms with Crippen LogP contribution in [0.3, 0.4) is 0 Å². The Balaban J connectivity index is 0.00000256. The Morgan fingerprint density at radius 2 is 1.73 bits per heavy atom. The van der Waals surface area contributed by atoms with Crippen LogP contribution in [0.4, 0.5) is 0 Å². The summed E-state index contributed by atoms with van der Waals surface area (Å²) >= 11 is 0. The Hall–Kier alpha value is -3.02. The number of methoxy groups -OCH3 is 1. The molecule has 5 nitrogen and oxygen atoms in total. The predicted molar refractivity (Wildman–Crippen MR) is 122 cm³/mol. The van der Waals surface area contributed by atoms with Gasteiger partial charge in [-0.2, -0.15) is 0 Å². The molecule has 0 aliphatic carbocycles. The highest BCUT2D eigenvalue weighted by Crippen LogP contribution is 2.27. The molecule has 0 bridgehead atoms. The fourth-order valence-electron chi connectivity index (χ4n) is 3.51. The van der Waals surface area contributed by atoms with E-state index in [2.05, 4.69) is 57.5 Å². The highest BCUT2D eigenvalue weighted by molar-refractivity contribution is 6.08. The van der Waals surface area contributed by atoms with Gasteiger partial charge in [0.05, 0.1) is 20.3 Å². The number of hydrogen-bond acceptors (Lipinski definition) is 4. The lowest BCUT2D eigenvalue weighted by molar-refractivity contribution is -0.139. The van der Waals surface area contributed by atoms with E-state index in [1.54, 1.807) is 0 Å². The van der Waals surface area contributed by atoms with Crippen molar-refractivity contribution in [3.8, 4) is 5.75 Å². The van der Waals surface area contributed by atoms with E-state index in [-0.39, 0.29) is 24.9 Å². The molecule has 0 aliphatic heterocycles. The number of aromatic amines is 1. The van der Waals surface area contributed by atoms with E-state index < -0.39 is 0 Å². The van der Waals surface area contributed by atoms with Crippen molar-refractivity contribution in [1.82, 2.24) is 10.3 Å². The van der Waals surface area contributed by atoms with Gasteiger partial charge in [0.15, 0.2) is 0 Å². The molecule has 2 N–H and O–H groups in total. The maximum atomic E-state index is 11.1. The fourth-order valence-corrected chi connectivity index (χ4v) is 3.51. The molecule has 0 spiro atoms. The molecule has 4 rings (SSSR count). The van der Waals surface area contributed by atoms with Crippen LogP contribution in [-0.2, 0) is 22.5 Å². The number of carbonyl (C=O) groups excluding carboxylic acids is 1. The largest absolute Gasteiger partial charge is 0.493 e. The van der Waals surface area contributed by atoms with Crippen molar-refractivity contribution in [3.05, 3.63) is 77.9 Å². The summed E-state index contributed by atoms with van der Waals surface area (Å²) in [5.74, 6) is 0.570. The zero-order valence-corrected chi connectivity index (χ0v) is 17.6. The SMILES string of the molecule is COC(=O)CNCc1ccc(OCCc2cccc3c2[nH]c2ccccc23)cc1.Cl. The van der Waals surface area contributed by atoms with E-state index in [9.17, 15) is 4.79 Å². The van der Waals surface area contributed by atoms with Gasteiger partial charge in [-0.15, -0.1) is 12.4 Å². The smallest absolute Gasteiger partial charge is 0.319 e. The van der Waals surface area contributed by atoms with Crippen molar-refractivity contribution in [3.63, 3.8) is 0 Å². The molecular formula is C24H25ClN2O3. The van der Waals surface area contributed by atoms with Crippen LogP contribution in [0.5, 0.6) is 5.75 Å². The summed E-state index contributed by atoms with van der Waals surface area (Å²) in [6.07, 6.45) is 0.826. The monoisotopic (exact) mass is 424 g/mol. The molecule has 0 atom stereocenters. The van der Waals surface area contributed by atoms with Gasteiger partial charge in [0.25, 0.3) is 0 Å². The molecule has 0 amide bonds. The van der Waals surface area contributed by atoms with Gasteiger partial charge in [0.2, 0.25) is 0 Å². The average Bonchev–Trinajstić information content (AvgIpc) is 3.14.